The Labute approximate surface area is 108 Å². The average Bonchev–Trinajstić information content (AvgIpc) is 2.86. The number of aromatic nitrogens is 6. The van der Waals surface area contributed by atoms with E-state index in [4.69, 9.17) is 16.3 Å². The van der Waals surface area contributed by atoms with Gasteiger partial charge in [-0.25, -0.2) is 4.98 Å². The van der Waals surface area contributed by atoms with E-state index in [1.54, 1.807) is 0 Å². The Morgan fingerprint density at radius 2 is 2.28 bits per heavy atom. The molecule has 0 saturated carbocycles. The van der Waals surface area contributed by atoms with Gasteiger partial charge in [-0.1, -0.05) is 6.92 Å². The largest absolute Gasteiger partial charge is 0.463 e. The van der Waals surface area contributed by atoms with Gasteiger partial charge in [-0.05, 0) is 18.0 Å². The number of hydrogen-bond donors (Lipinski definition) is 2. The van der Waals surface area contributed by atoms with Gasteiger partial charge in [0, 0.05) is 0 Å². The molecule has 2 rings (SSSR count). The van der Waals surface area contributed by atoms with E-state index in [1.807, 2.05) is 6.92 Å². The van der Waals surface area contributed by atoms with Crippen LogP contribution in [0.2, 0.25) is 5.28 Å². The minimum atomic E-state index is 0.0798. The zero-order valence-corrected chi connectivity index (χ0v) is 10.5. The molecule has 0 aliphatic heterocycles. The normalized spacial score (nSPS) is 10.3. The van der Waals surface area contributed by atoms with Crippen LogP contribution in [0.15, 0.2) is 6.33 Å². The SMILES string of the molecule is CCCOc1nc(Cl)nc(NCc2ncn[nH]2)n1. The summed E-state index contributed by atoms with van der Waals surface area (Å²) in [5, 5.41) is 9.47. The molecule has 0 aromatic carbocycles. The first kappa shape index (κ1) is 12.5. The molecule has 0 fully saturated rings. The van der Waals surface area contributed by atoms with E-state index in [1.165, 1.54) is 6.33 Å². The van der Waals surface area contributed by atoms with Crippen molar-refractivity contribution in [1.82, 2.24) is 30.1 Å². The fourth-order valence-electron chi connectivity index (χ4n) is 1.15. The summed E-state index contributed by atoms with van der Waals surface area (Å²) < 4.78 is 5.29. The quantitative estimate of drug-likeness (QED) is 0.808. The van der Waals surface area contributed by atoms with E-state index in [-0.39, 0.29) is 11.3 Å². The molecule has 0 unspecified atom stereocenters. The first-order valence-corrected chi connectivity index (χ1v) is 5.78. The molecule has 0 bridgehead atoms. The molecule has 0 aliphatic rings. The molecule has 96 valence electrons. The zero-order chi connectivity index (χ0) is 12.8. The first-order chi connectivity index (χ1) is 8.78. The van der Waals surface area contributed by atoms with Crippen LogP contribution in [-0.4, -0.2) is 36.7 Å². The van der Waals surface area contributed by atoms with Gasteiger partial charge in [0.2, 0.25) is 11.2 Å². The summed E-state index contributed by atoms with van der Waals surface area (Å²) in [6.45, 7) is 2.93. The minimum absolute atomic E-state index is 0.0798. The Balaban J connectivity index is 2.00. The Morgan fingerprint density at radius 3 is 3.00 bits per heavy atom. The summed E-state index contributed by atoms with van der Waals surface area (Å²) in [5.41, 5.74) is 0. The number of H-pyrrole nitrogens is 1. The third-order valence-electron chi connectivity index (χ3n) is 1.90. The van der Waals surface area contributed by atoms with Crippen molar-refractivity contribution in [3.05, 3.63) is 17.4 Å². The second-order valence-corrected chi connectivity index (χ2v) is 3.68. The lowest BCUT2D eigenvalue weighted by atomic mass is 10.5. The van der Waals surface area contributed by atoms with Crippen LogP contribution in [0, 0.1) is 0 Å². The summed E-state index contributed by atoms with van der Waals surface area (Å²) in [4.78, 5) is 15.8. The Hall–Kier alpha value is -1.96. The summed E-state index contributed by atoms with van der Waals surface area (Å²) in [6, 6.07) is 0.205. The second-order valence-electron chi connectivity index (χ2n) is 3.34. The van der Waals surface area contributed by atoms with Gasteiger partial charge in [-0.2, -0.15) is 20.1 Å². The molecule has 2 aromatic heterocycles. The number of rotatable bonds is 6. The van der Waals surface area contributed by atoms with Crippen LogP contribution in [0.3, 0.4) is 0 Å². The van der Waals surface area contributed by atoms with Crippen LogP contribution < -0.4 is 10.1 Å². The maximum absolute atomic E-state index is 5.77. The van der Waals surface area contributed by atoms with E-state index in [9.17, 15) is 0 Å². The monoisotopic (exact) mass is 269 g/mol. The molecule has 0 atom stereocenters. The van der Waals surface area contributed by atoms with E-state index in [0.717, 1.165) is 6.42 Å². The number of nitrogens with one attached hydrogen (secondary N) is 2. The third-order valence-corrected chi connectivity index (χ3v) is 2.07. The van der Waals surface area contributed by atoms with Crippen molar-refractivity contribution < 1.29 is 4.74 Å². The summed E-state index contributed by atoms with van der Waals surface area (Å²) in [5.74, 6) is 1.00. The van der Waals surface area contributed by atoms with Gasteiger partial charge in [0.25, 0.3) is 0 Å². The zero-order valence-electron chi connectivity index (χ0n) is 9.72. The van der Waals surface area contributed by atoms with E-state index < -0.39 is 0 Å². The molecule has 2 aromatic rings. The highest BCUT2D eigenvalue weighted by Gasteiger charge is 2.06. The lowest BCUT2D eigenvalue weighted by molar-refractivity contribution is 0.291. The predicted molar refractivity (Wildman–Crippen MR) is 64.3 cm³/mol. The number of halogens is 1. The maximum atomic E-state index is 5.77. The number of nitrogens with zero attached hydrogens (tertiary/aromatic N) is 5. The molecule has 0 radical (unpaired) electrons. The molecule has 2 N–H and O–H groups in total. The fourth-order valence-corrected chi connectivity index (χ4v) is 1.30. The Kier molecular flexibility index (Phi) is 4.24. The lowest BCUT2D eigenvalue weighted by Gasteiger charge is -2.06. The average molecular weight is 270 g/mol. The second kappa shape index (κ2) is 6.10. The van der Waals surface area contributed by atoms with Crippen molar-refractivity contribution >= 4 is 17.5 Å². The van der Waals surface area contributed by atoms with Gasteiger partial charge in [0.05, 0.1) is 13.2 Å². The van der Waals surface area contributed by atoms with Crippen LogP contribution >= 0.6 is 11.6 Å². The lowest BCUT2D eigenvalue weighted by Crippen LogP contribution is -2.08. The van der Waals surface area contributed by atoms with Crippen molar-refractivity contribution in [3.63, 3.8) is 0 Å². The Morgan fingerprint density at radius 1 is 1.39 bits per heavy atom. The van der Waals surface area contributed by atoms with Crippen molar-refractivity contribution in [3.8, 4) is 6.01 Å². The van der Waals surface area contributed by atoms with Crippen LogP contribution in [0.25, 0.3) is 0 Å². The predicted octanol–water partition coefficient (Wildman–Crippen LogP) is 1.04. The smallest absolute Gasteiger partial charge is 0.322 e. The van der Waals surface area contributed by atoms with Gasteiger partial charge in [-0.3, -0.25) is 5.10 Å². The first-order valence-electron chi connectivity index (χ1n) is 5.40. The van der Waals surface area contributed by atoms with Crippen molar-refractivity contribution in [2.75, 3.05) is 11.9 Å². The molecule has 18 heavy (non-hydrogen) atoms. The number of aromatic amines is 1. The van der Waals surface area contributed by atoms with Gasteiger partial charge in [0.15, 0.2) is 0 Å². The van der Waals surface area contributed by atoms with Gasteiger partial charge >= 0.3 is 6.01 Å². The Bertz CT molecular complexity index is 490. The van der Waals surface area contributed by atoms with Crippen molar-refractivity contribution in [1.29, 1.82) is 0 Å². The number of anilines is 1. The van der Waals surface area contributed by atoms with E-state index >= 15 is 0 Å². The third kappa shape index (κ3) is 3.52. The molecular formula is C9H12ClN7O. The van der Waals surface area contributed by atoms with Crippen molar-refractivity contribution in [2.45, 2.75) is 19.9 Å². The maximum Gasteiger partial charge on any atom is 0.322 e. The van der Waals surface area contributed by atoms with Crippen molar-refractivity contribution in [2.24, 2.45) is 0 Å². The van der Waals surface area contributed by atoms with Crippen LogP contribution in [0.1, 0.15) is 19.2 Å². The highest BCUT2D eigenvalue weighted by molar-refractivity contribution is 6.28. The van der Waals surface area contributed by atoms with E-state index in [2.05, 4.69) is 35.5 Å². The molecular weight excluding hydrogens is 258 g/mol. The van der Waals surface area contributed by atoms with Gasteiger partial charge in [-0.15, -0.1) is 0 Å². The summed E-state index contributed by atoms with van der Waals surface area (Å²) >= 11 is 5.77. The molecule has 2 heterocycles. The van der Waals surface area contributed by atoms with Gasteiger partial charge < -0.3 is 10.1 Å². The minimum Gasteiger partial charge on any atom is -0.463 e. The highest BCUT2D eigenvalue weighted by Crippen LogP contribution is 2.11. The standard InChI is InChI=1S/C9H12ClN7O/c1-2-3-18-9-15-7(10)14-8(16-9)11-4-6-12-5-13-17-6/h5H,2-4H2,1H3,(H,12,13,17)(H,11,14,15,16). The van der Waals surface area contributed by atoms with E-state index in [0.29, 0.717) is 24.9 Å². The summed E-state index contributed by atoms with van der Waals surface area (Å²) in [7, 11) is 0. The molecule has 0 amide bonds. The van der Waals surface area contributed by atoms with Crippen LogP contribution in [0.4, 0.5) is 5.95 Å². The molecule has 0 aliphatic carbocycles. The van der Waals surface area contributed by atoms with Crippen LogP contribution in [0.5, 0.6) is 6.01 Å². The van der Waals surface area contributed by atoms with Gasteiger partial charge in [0.1, 0.15) is 12.2 Å². The highest BCUT2D eigenvalue weighted by atomic mass is 35.5. The topological polar surface area (TPSA) is 102 Å². The number of hydrogen-bond acceptors (Lipinski definition) is 7. The molecule has 0 saturated heterocycles. The molecule has 9 heteroatoms. The molecule has 8 nitrogen and oxygen atoms in total. The summed E-state index contributed by atoms with van der Waals surface area (Å²) in [6.07, 6.45) is 2.29. The number of ether oxygens (including phenoxy) is 1. The molecule has 0 spiro atoms. The van der Waals surface area contributed by atoms with Crippen LogP contribution in [-0.2, 0) is 6.54 Å². The fraction of sp³-hybridized carbons (Fsp3) is 0.444.